The molecule has 0 aliphatic carbocycles. The smallest absolute Gasteiger partial charge is 0.244 e. The Labute approximate surface area is 126 Å². The van der Waals surface area contributed by atoms with Crippen LogP contribution in [0, 0.1) is 11.3 Å². The third-order valence-corrected chi connectivity index (χ3v) is 5.74. The molecule has 6 nitrogen and oxygen atoms in total. The van der Waals surface area contributed by atoms with E-state index in [1.165, 1.54) is 22.6 Å². The van der Waals surface area contributed by atoms with Crippen LogP contribution in [0.5, 0.6) is 0 Å². The van der Waals surface area contributed by atoms with Crippen molar-refractivity contribution in [3.8, 4) is 6.07 Å². The summed E-state index contributed by atoms with van der Waals surface area (Å²) in [6.07, 6.45) is 3.39. The van der Waals surface area contributed by atoms with Gasteiger partial charge in [0.1, 0.15) is 16.7 Å². The molecule has 0 radical (unpaired) electrons. The molecule has 1 unspecified atom stereocenters. The largest absolute Gasteiger partial charge is 0.299 e. The van der Waals surface area contributed by atoms with Crippen molar-refractivity contribution in [3.05, 3.63) is 24.0 Å². The molecule has 0 N–H and O–H groups in total. The van der Waals surface area contributed by atoms with E-state index in [0.717, 1.165) is 25.9 Å². The lowest BCUT2D eigenvalue weighted by Crippen LogP contribution is -2.41. The fraction of sp³-hybridized carbons (Fsp3) is 0.571. The Morgan fingerprint density at radius 2 is 2.29 bits per heavy atom. The number of likely N-dealkylation sites (N-methyl/N-ethyl adjacent to an activating group) is 2. The Hall–Kier alpha value is -1.49. The Morgan fingerprint density at radius 1 is 1.52 bits per heavy atom. The minimum Gasteiger partial charge on any atom is -0.299 e. The molecule has 0 amide bonds. The molecular weight excluding hydrogens is 288 g/mol. The van der Waals surface area contributed by atoms with Crippen molar-refractivity contribution >= 4 is 10.0 Å². The molecule has 0 bridgehead atoms. The van der Waals surface area contributed by atoms with Crippen LogP contribution < -0.4 is 0 Å². The molecule has 1 saturated heterocycles. The third kappa shape index (κ3) is 3.40. The third-order valence-electron chi connectivity index (χ3n) is 3.93. The molecular formula is C14H20N4O2S. The molecule has 114 valence electrons. The Balaban J connectivity index is 2.12. The first-order chi connectivity index (χ1) is 9.98. The van der Waals surface area contributed by atoms with Crippen LogP contribution in [0.1, 0.15) is 25.5 Å². The van der Waals surface area contributed by atoms with Gasteiger partial charge < -0.3 is 0 Å². The molecule has 0 saturated carbocycles. The van der Waals surface area contributed by atoms with E-state index in [1.807, 2.05) is 6.07 Å². The summed E-state index contributed by atoms with van der Waals surface area (Å²) in [6, 6.07) is 5.02. The summed E-state index contributed by atoms with van der Waals surface area (Å²) < 4.78 is 26.4. The van der Waals surface area contributed by atoms with Crippen LogP contribution in [0.3, 0.4) is 0 Å². The van der Waals surface area contributed by atoms with Crippen molar-refractivity contribution in [1.29, 1.82) is 5.26 Å². The zero-order valence-electron chi connectivity index (χ0n) is 12.4. The molecule has 1 aliphatic rings. The van der Waals surface area contributed by atoms with Crippen LogP contribution in [-0.2, 0) is 10.0 Å². The van der Waals surface area contributed by atoms with Crippen LogP contribution in [0.4, 0.5) is 0 Å². The van der Waals surface area contributed by atoms with Crippen molar-refractivity contribution < 1.29 is 8.42 Å². The topological polar surface area (TPSA) is 77.3 Å². The van der Waals surface area contributed by atoms with Gasteiger partial charge in [-0.3, -0.25) is 4.90 Å². The fourth-order valence-corrected chi connectivity index (χ4v) is 3.85. The predicted molar refractivity (Wildman–Crippen MR) is 79.0 cm³/mol. The number of rotatable bonds is 5. The van der Waals surface area contributed by atoms with Crippen molar-refractivity contribution in [2.24, 2.45) is 0 Å². The van der Waals surface area contributed by atoms with Gasteiger partial charge in [-0.15, -0.1) is 0 Å². The second-order valence-electron chi connectivity index (χ2n) is 5.20. The van der Waals surface area contributed by atoms with Gasteiger partial charge in [-0.05, 0) is 38.1 Å². The highest BCUT2D eigenvalue weighted by Gasteiger charge is 2.29. The van der Waals surface area contributed by atoms with Gasteiger partial charge in [-0.2, -0.15) is 9.57 Å². The normalized spacial score (nSPS) is 19.8. The van der Waals surface area contributed by atoms with Gasteiger partial charge >= 0.3 is 0 Å². The van der Waals surface area contributed by atoms with Crippen LogP contribution in [0.2, 0.25) is 0 Å². The van der Waals surface area contributed by atoms with Crippen molar-refractivity contribution in [3.63, 3.8) is 0 Å². The van der Waals surface area contributed by atoms with Gasteiger partial charge in [0.25, 0.3) is 0 Å². The van der Waals surface area contributed by atoms with Gasteiger partial charge in [0.15, 0.2) is 0 Å². The first kappa shape index (κ1) is 15.9. The lowest BCUT2D eigenvalue weighted by atomic mass is 10.2. The quantitative estimate of drug-likeness (QED) is 0.813. The summed E-state index contributed by atoms with van der Waals surface area (Å²) in [7, 11) is -1.95. The molecule has 1 aromatic rings. The molecule has 21 heavy (non-hydrogen) atoms. The zero-order chi connectivity index (χ0) is 15.5. The molecule has 1 fully saturated rings. The summed E-state index contributed by atoms with van der Waals surface area (Å²) in [5, 5.41) is 8.71. The SMILES string of the molecule is CCN1CCCC1CN(C)S(=O)(=O)c1ccc(C#N)nc1. The molecule has 1 aliphatic heterocycles. The van der Waals surface area contributed by atoms with Crippen molar-refractivity contribution in [2.75, 3.05) is 26.7 Å². The highest BCUT2D eigenvalue weighted by atomic mass is 32.2. The minimum absolute atomic E-state index is 0.130. The highest BCUT2D eigenvalue weighted by Crippen LogP contribution is 2.20. The van der Waals surface area contributed by atoms with E-state index in [9.17, 15) is 8.42 Å². The van der Waals surface area contributed by atoms with E-state index in [0.29, 0.717) is 6.54 Å². The van der Waals surface area contributed by atoms with Crippen molar-refractivity contribution in [2.45, 2.75) is 30.7 Å². The number of aromatic nitrogens is 1. The number of likely N-dealkylation sites (tertiary alicyclic amines) is 1. The van der Waals surface area contributed by atoms with Crippen molar-refractivity contribution in [1.82, 2.24) is 14.2 Å². The summed E-state index contributed by atoms with van der Waals surface area (Å²) in [5.41, 5.74) is 0.213. The Kier molecular flexibility index (Phi) is 4.93. The summed E-state index contributed by atoms with van der Waals surface area (Å²) in [6.45, 7) is 4.55. The maximum absolute atomic E-state index is 12.5. The Morgan fingerprint density at radius 3 is 2.86 bits per heavy atom. The molecule has 2 heterocycles. The van der Waals surface area contributed by atoms with Gasteiger partial charge in [0, 0.05) is 25.8 Å². The molecule has 7 heteroatoms. The standard InChI is InChI=1S/C14H20N4O2S/c1-3-18-8-4-5-13(18)11-17(2)21(19,20)14-7-6-12(9-15)16-10-14/h6-7,10,13H,3-5,8,11H2,1-2H3. The number of sulfonamides is 1. The number of hydrogen-bond donors (Lipinski definition) is 0. The Bertz CT molecular complexity index is 621. The van der Waals surface area contributed by atoms with Crippen LogP contribution >= 0.6 is 0 Å². The first-order valence-electron chi connectivity index (χ1n) is 7.05. The highest BCUT2D eigenvalue weighted by molar-refractivity contribution is 7.89. The average molecular weight is 308 g/mol. The monoisotopic (exact) mass is 308 g/mol. The first-order valence-corrected chi connectivity index (χ1v) is 8.49. The van der Waals surface area contributed by atoms with Gasteiger partial charge in [-0.25, -0.2) is 13.4 Å². The lowest BCUT2D eigenvalue weighted by molar-refractivity contribution is 0.237. The van der Waals surface area contributed by atoms with E-state index in [-0.39, 0.29) is 16.6 Å². The second kappa shape index (κ2) is 6.52. The fourth-order valence-electron chi connectivity index (χ4n) is 2.69. The van der Waals surface area contributed by atoms with E-state index in [1.54, 1.807) is 7.05 Å². The van der Waals surface area contributed by atoms with E-state index in [2.05, 4.69) is 16.8 Å². The average Bonchev–Trinajstić information content (AvgIpc) is 2.94. The maximum atomic E-state index is 12.5. The number of nitriles is 1. The molecule has 0 spiro atoms. The summed E-state index contributed by atoms with van der Waals surface area (Å²) in [4.78, 5) is 6.27. The zero-order valence-corrected chi connectivity index (χ0v) is 13.2. The predicted octanol–water partition coefficient (Wildman–Crippen LogP) is 1.06. The van der Waals surface area contributed by atoms with E-state index in [4.69, 9.17) is 5.26 Å². The van der Waals surface area contributed by atoms with Crippen LogP contribution in [-0.4, -0.2) is 55.3 Å². The lowest BCUT2D eigenvalue weighted by Gasteiger charge is -2.27. The summed E-state index contributed by atoms with van der Waals surface area (Å²) >= 11 is 0. The van der Waals surface area contributed by atoms with Gasteiger partial charge in [0.05, 0.1) is 0 Å². The van der Waals surface area contributed by atoms with E-state index >= 15 is 0 Å². The molecule has 1 aromatic heterocycles. The molecule has 2 rings (SSSR count). The molecule has 1 atom stereocenters. The number of nitrogens with zero attached hydrogens (tertiary/aromatic N) is 4. The van der Waals surface area contributed by atoms with Gasteiger partial charge in [0.2, 0.25) is 10.0 Å². The maximum Gasteiger partial charge on any atom is 0.244 e. The number of pyridine rings is 1. The minimum atomic E-state index is -3.55. The van der Waals surface area contributed by atoms with Crippen LogP contribution in [0.15, 0.2) is 23.2 Å². The van der Waals surface area contributed by atoms with Gasteiger partial charge in [-0.1, -0.05) is 6.92 Å². The molecule has 0 aromatic carbocycles. The second-order valence-corrected chi connectivity index (χ2v) is 7.25. The number of hydrogen-bond acceptors (Lipinski definition) is 5. The van der Waals surface area contributed by atoms with Crippen LogP contribution in [0.25, 0.3) is 0 Å². The summed E-state index contributed by atoms with van der Waals surface area (Å²) in [5.74, 6) is 0. The van der Waals surface area contributed by atoms with E-state index < -0.39 is 10.0 Å².